The molecule has 0 bridgehead atoms. The van der Waals surface area contributed by atoms with Gasteiger partial charge in [-0.15, -0.1) is 0 Å². The molecule has 2 aliphatic rings. The molecule has 0 spiro atoms. The van der Waals surface area contributed by atoms with E-state index >= 15 is 0 Å². The Bertz CT molecular complexity index is 327. The van der Waals surface area contributed by atoms with Gasteiger partial charge in [-0.3, -0.25) is 4.90 Å². The second-order valence-electron chi connectivity index (χ2n) is 7.83. The molecule has 3 atom stereocenters. The minimum Gasteiger partial charge on any atom is -0.368 e. The normalized spacial score (nSPS) is 35.1. The molecule has 0 aromatic rings. The summed E-state index contributed by atoms with van der Waals surface area (Å²) in [5.41, 5.74) is -0.0252. The van der Waals surface area contributed by atoms with Crippen LogP contribution in [0, 0.1) is 0 Å². The number of nitrogens with zero attached hydrogens (tertiary/aromatic N) is 1. The molecule has 0 amide bonds. The van der Waals surface area contributed by atoms with E-state index in [-0.39, 0.29) is 11.2 Å². The first-order chi connectivity index (χ1) is 9.27. The lowest BCUT2D eigenvalue weighted by Gasteiger charge is -2.46. The van der Waals surface area contributed by atoms with Gasteiger partial charge < -0.3 is 10.1 Å². The quantitative estimate of drug-likeness (QED) is 0.857. The monoisotopic (exact) mass is 282 g/mol. The lowest BCUT2D eigenvalue weighted by atomic mass is 9.87. The Balaban J connectivity index is 2.15. The standard InChI is InChI=1S/C17H34N2O/c1-7-18-13(2)14-10-8-9-11-19(14)15-12-16(3,4)20-17(15,5)6/h13-15,18H,7-12H2,1-6H3. The van der Waals surface area contributed by atoms with Crippen molar-refractivity contribution in [1.29, 1.82) is 0 Å². The maximum Gasteiger partial charge on any atom is 0.0789 e. The smallest absolute Gasteiger partial charge is 0.0789 e. The number of hydrogen-bond acceptors (Lipinski definition) is 3. The number of likely N-dealkylation sites (tertiary alicyclic amines) is 1. The highest BCUT2D eigenvalue weighted by Crippen LogP contribution is 2.42. The molecule has 3 unspecified atom stereocenters. The van der Waals surface area contributed by atoms with E-state index in [4.69, 9.17) is 4.74 Å². The van der Waals surface area contributed by atoms with Gasteiger partial charge in [0, 0.05) is 18.1 Å². The van der Waals surface area contributed by atoms with E-state index in [9.17, 15) is 0 Å². The van der Waals surface area contributed by atoms with Gasteiger partial charge in [0.05, 0.1) is 11.2 Å². The van der Waals surface area contributed by atoms with Gasteiger partial charge in [-0.25, -0.2) is 0 Å². The number of nitrogens with one attached hydrogen (secondary N) is 1. The summed E-state index contributed by atoms with van der Waals surface area (Å²) in [7, 11) is 0. The first-order valence-corrected chi connectivity index (χ1v) is 8.46. The molecule has 2 aliphatic heterocycles. The number of rotatable bonds is 4. The van der Waals surface area contributed by atoms with Gasteiger partial charge in [0.1, 0.15) is 0 Å². The summed E-state index contributed by atoms with van der Waals surface area (Å²) in [6.07, 6.45) is 5.17. The van der Waals surface area contributed by atoms with Gasteiger partial charge in [0.2, 0.25) is 0 Å². The van der Waals surface area contributed by atoms with E-state index in [2.05, 4.69) is 51.8 Å². The van der Waals surface area contributed by atoms with Gasteiger partial charge in [0.25, 0.3) is 0 Å². The molecule has 20 heavy (non-hydrogen) atoms. The van der Waals surface area contributed by atoms with E-state index in [1.165, 1.54) is 25.8 Å². The maximum atomic E-state index is 6.33. The van der Waals surface area contributed by atoms with Crippen molar-refractivity contribution >= 4 is 0 Å². The average Bonchev–Trinajstić information content (AvgIpc) is 2.57. The van der Waals surface area contributed by atoms with Crippen LogP contribution in [0.1, 0.15) is 67.2 Å². The molecule has 0 saturated carbocycles. The molecule has 3 heteroatoms. The maximum absolute atomic E-state index is 6.33. The summed E-state index contributed by atoms with van der Waals surface area (Å²) < 4.78 is 6.33. The Morgan fingerprint density at radius 2 is 1.95 bits per heavy atom. The molecule has 2 heterocycles. The summed E-state index contributed by atoms with van der Waals surface area (Å²) in [5, 5.41) is 3.63. The van der Waals surface area contributed by atoms with Gasteiger partial charge in [-0.2, -0.15) is 0 Å². The van der Waals surface area contributed by atoms with Crippen LogP contribution in [0.5, 0.6) is 0 Å². The number of likely N-dealkylation sites (N-methyl/N-ethyl adjacent to an activating group) is 1. The van der Waals surface area contributed by atoms with Crippen LogP contribution in [0.15, 0.2) is 0 Å². The third-order valence-electron chi connectivity index (χ3n) is 5.12. The molecule has 0 aromatic carbocycles. The molecule has 0 radical (unpaired) electrons. The summed E-state index contributed by atoms with van der Waals surface area (Å²) in [6, 6.07) is 1.77. The van der Waals surface area contributed by atoms with Crippen LogP contribution in [-0.2, 0) is 4.74 Å². The second kappa shape index (κ2) is 5.94. The van der Waals surface area contributed by atoms with Crippen molar-refractivity contribution in [1.82, 2.24) is 10.2 Å². The van der Waals surface area contributed by atoms with Crippen molar-refractivity contribution in [3.8, 4) is 0 Å². The number of piperidine rings is 1. The fourth-order valence-electron chi connectivity index (χ4n) is 4.41. The third kappa shape index (κ3) is 3.37. The van der Waals surface area contributed by atoms with Crippen LogP contribution in [0.3, 0.4) is 0 Å². The topological polar surface area (TPSA) is 24.5 Å². The molecule has 2 rings (SSSR count). The van der Waals surface area contributed by atoms with Crippen LogP contribution in [0.4, 0.5) is 0 Å². The molecule has 0 aromatic heterocycles. The second-order valence-corrected chi connectivity index (χ2v) is 7.83. The summed E-state index contributed by atoms with van der Waals surface area (Å²) in [5.74, 6) is 0. The highest BCUT2D eigenvalue weighted by Gasteiger charge is 2.50. The zero-order valence-electron chi connectivity index (χ0n) is 14.3. The average molecular weight is 282 g/mol. The fourth-order valence-corrected chi connectivity index (χ4v) is 4.41. The van der Waals surface area contributed by atoms with Crippen molar-refractivity contribution in [2.24, 2.45) is 0 Å². The first kappa shape index (κ1) is 16.3. The van der Waals surface area contributed by atoms with Crippen molar-refractivity contribution in [3.63, 3.8) is 0 Å². The Labute approximate surface area is 125 Å². The number of hydrogen-bond donors (Lipinski definition) is 1. The largest absolute Gasteiger partial charge is 0.368 e. The zero-order chi connectivity index (χ0) is 15.0. The van der Waals surface area contributed by atoms with E-state index in [0.29, 0.717) is 18.1 Å². The molecule has 2 saturated heterocycles. The van der Waals surface area contributed by atoms with Crippen molar-refractivity contribution < 1.29 is 4.74 Å². The van der Waals surface area contributed by atoms with Crippen molar-refractivity contribution in [2.75, 3.05) is 13.1 Å². The minimum atomic E-state index is -0.0367. The van der Waals surface area contributed by atoms with E-state index in [1.807, 2.05) is 0 Å². The molecule has 2 fully saturated rings. The predicted octanol–water partition coefficient (Wildman–Crippen LogP) is 3.19. The van der Waals surface area contributed by atoms with Crippen LogP contribution in [0.25, 0.3) is 0 Å². The van der Waals surface area contributed by atoms with E-state index in [0.717, 1.165) is 13.0 Å². The first-order valence-electron chi connectivity index (χ1n) is 8.46. The molecular weight excluding hydrogens is 248 g/mol. The summed E-state index contributed by atoms with van der Waals surface area (Å²) in [6.45, 7) is 15.9. The molecule has 0 aliphatic carbocycles. The van der Waals surface area contributed by atoms with Gasteiger partial charge in [-0.1, -0.05) is 13.3 Å². The lowest BCUT2D eigenvalue weighted by Crippen LogP contribution is -2.58. The molecule has 118 valence electrons. The minimum absolute atomic E-state index is 0.0115. The summed E-state index contributed by atoms with van der Waals surface area (Å²) >= 11 is 0. The summed E-state index contributed by atoms with van der Waals surface area (Å²) in [4.78, 5) is 2.76. The Hall–Kier alpha value is -0.120. The van der Waals surface area contributed by atoms with E-state index < -0.39 is 0 Å². The molecule has 1 N–H and O–H groups in total. The highest BCUT2D eigenvalue weighted by molar-refractivity contribution is 5.03. The fraction of sp³-hybridized carbons (Fsp3) is 1.00. The Morgan fingerprint density at radius 3 is 2.50 bits per heavy atom. The molecule has 3 nitrogen and oxygen atoms in total. The van der Waals surface area contributed by atoms with Crippen LogP contribution in [0.2, 0.25) is 0 Å². The number of ether oxygens (including phenoxy) is 1. The lowest BCUT2D eigenvalue weighted by molar-refractivity contribution is -0.0880. The Morgan fingerprint density at radius 1 is 1.25 bits per heavy atom. The predicted molar refractivity (Wildman–Crippen MR) is 85.1 cm³/mol. The zero-order valence-corrected chi connectivity index (χ0v) is 14.3. The van der Waals surface area contributed by atoms with Crippen LogP contribution >= 0.6 is 0 Å². The van der Waals surface area contributed by atoms with Gasteiger partial charge >= 0.3 is 0 Å². The van der Waals surface area contributed by atoms with E-state index in [1.54, 1.807) is 0 Å². The van der Waals surface area contributed by atoms with Crippen molar-refractivity contribution in [2.45, 2.75) is 96.6 Å². The Kier molecular flexibility index (Phi) is 4.83. The van der Waals surface area contributed by atoms with Crippen molar-refractivity contribution in [3.05, 3.63) is 0 Å². The SMILES string of the molecule is CCNC(C)C1CCCCN1C1CC(C)(C)OC1(C)C. The molecular formula is C17H34N2O. The van der Waals surface area contributed by atoms with Crippen LogP contribution in [-0.4, -0.2) is 47.3 Å². The highest BCUT2D eigenvalue weighted by atomic mass is 16.5. The van der Waals surface area contributed by atoms with Gasteiger partial charge in [0.15, 0.2) is 0 Å². The van der Waals surface area contributed by atoms with Crippen LogP contribution < -0.4 is 5.32 Å². The van der Waals surface area contributed by atoms with Gasteiger partial charge in [-0.05, 0) is 67.0 Å². The third-order valence-corrected chi connectivity index (χ3v) is 5.12.